The summed E-state index contributed by atoms with van der Waals surface area (Å²) in [6, 6.07) is 16.6. The van der Waals surface area contributed by atoms with E-state index in [0.717, 1.165) is 5.56 Å². The number of amides is 1. The van der Waals surface area contributed by atoms with Crippen molar-refractivity contribution in [2.45, 2.75) is 27.4 Å². The van der Waals surface area contributed by atoms with Crippen molar-refractivity contribution in [3.05, 3.63) is 77.1 Å². The van der Waals surface area contributed by atoms with Gasteiger partial charge >= 0.3 is 0 Å². The number of methoxy groups -OCH3 is 1. The molecular formula is C25H26N2O5. The van der Waals surface area contributed by atoms with E-state index in [1.807, 2.05) is 30.3 Å². The second-order valence-electron chi connectivity index (χ2n) is 7.35. The third-order valence-corrected chi connectivity index (χ3v) is 5.01. The van der Waals surface area contributed by atoms with Crippen LogP contribution in [-0.2, 0) is 11.4 Å². The number of rotatable bonds is 9. The maximum atomic E-state index is 13.2. The predicted octanol–water partition coefficient (Wildman–Crippen LogP) is 3.89. The average molecular weight is 434 g/mol. The van der Waals surface area contributed by atoms with E-state index in [1.54, 1.807) is 42.9 Å². The van der Waals surface area contributed by atoms with Gasteiger partial charge in [0.1, 0.15) is 18.1 Å². The number of benzene rings is 2. The molecule has 7 heteroatoms. The van der Waals surface area contributed by atoms with Crippen molar-refractivity contribution >= 4 is 17.5 Å². The van der Waals surface area contributed by atoms with Crippen LogP contribution in [0.25, 0.3) is 5.69 Å². The van der Waals surface area contributed by atoms with Crippen molar-refractivity contribution in [2.24, 2.45) is 0 Å². The molecule has 1 N–H and O–H groups in total. The first-order valence-corrected chi connectivity index (χ1v) is 10.2. The molecule has 0 aliphatic rings. The first kappa shape index (κ1) is 22.8. The number of Topliss-reactive ketones (excluding diaryl/α,β-unsaturated/α-hetero) is 2. The number of hydrogen-bond donors (Lipinski definition) is 1. The maximum absolute atomic E-state index is 13.2. The van der Waals surface area contributed by atoms with Gasteiger partial charge in [-0.3, -0.25) is 14.4 Å². The molecule has 0 radical (unpaired) electrons. The van der Waals surface area contributed by atoms with Gasteiger partial charge in [0, 0.05) is 25.1 Å². The van der Waals surface area contributed by atoms with Crippen LogP contribution in [-0.4, -0.2) is 35.7 Å². The Bertz CT molecular complexity index is 1130. The second kappa shape index (κ2) is 9.96. The van der Waals surface area contributed by atoms with Crippen LogP contribution in [0.5, 0.6) is 11.5 Å². The van der Waals surface area contributed by atoms with E-state index in [0.29, 0.717) is 28.4 Å². The molecule has 3 aromatic rings. The van der Waals surface area contributed by atoms with Crippen LogP contribution in [0.15, 0.2) is 54.6 Å². The Balaban J connectivity index is 2.16. The fraction of sp³-hybridized carbons (Fsp3) is 0.240. The van der Waals surface area contributed by atoms with E-state index in [4.69, 9.17) is 9.47 Å². The van der Waals surface area contributed by atoms with Crippen LogP contribution in [0.1, 0.15) is 46.0 Å². The number of ketones is 2. The average Bonchev–Trinajstić information content (AvgIpc) is 3.09. The highest BCUT2D eigenvalue weighted by Crippen LogP contribution is 2.35. The van der Waals surface area contributed by atoms with E-state index in [2.05, 4.69) is 5.32 Å². The number of nitrogens with zero attached hydrogens (tertiary/aromatic N) is 1. The molecule has 0 saturated heterocycles. The van der Waals surface area contributed by atoms with Crippen molar-refractivity contribution in [3.63, 3.8) is 0 Å². The van der Waals surface area contributed by atoms with Crippen molar-refractivity contribution in [3.8, 4) is 17.2 Å². The van der Waals surface area contributed by atoms with Crippen LogP contribution in [0.3, 0.4) is 0 Å². The largest absolute Gasteiger partial charge is 0.497 e. The number of nitrogens with one attached hydrogen (secondary N) is 1. The molecule has 32 heavy (non-hydrogen) atoms. The van der Waals surface area contributed by atoms with Crippen LogP contribution in [0.4, 0.5) is 0 Å². The lowest BCUT2D eigenvalue weighted by atomic mass is 10.1. The Labute approximate surface area is 187 Å². The fourth-order valence-electron chi connectivity index (χ4n) is 3.52. The van der Waals surface area contributed by atoms with Crippen LogP contribution < -0.4 is 14.8 Å². The summed E-state index contributed by atoms with van der Waals surface area (Å²) in [5.74, 6) is 0.0752. The summed E-state index contributed by atoms with van der Waals surface area (Å²) in [6.45, 7) is 4.56. The molecule has 1 aromatic heterocycles. The number of ether oxygens (including phenoxy) is 2. The van der Waals surface area contributed by atoms with Crippen LogP contribution >= 0.6 is 0 Å². The third-order valence-electron chi connectivity index (χ3n) is 5.01. The minimum atomic E-state index is -0.366. The summed E-state index contributed by atoms with van der Waals surface area (Å²) < 4.78 is 12.9. The summed E-state index contributed by atoms with van der Waals surface area (Å²) in [5.41, 5.74) is 2.66. The number of aromatic nitrogens is 1. The summed E-state index contributed by atoms with van der Waals surface area (Å²) in [7, 11) is 1.56. The van der Waals surface area contributed by atoms with E-state index < -0.39 is 0 Å². The van der Waals surface area contributed by atoms with Gasteiger partial charge in [-0.1, -0.05) is 30.3 Å². The smallest absolute Gasteiger partial charge is 0.217 e. The van der Waals surface area contributed by atoms with Gasteiger partial charge in [-0.2, -0.15) is 0 Å². The monoisotopic (exact) mass is 434 g/mol. The molecule has 0 fully saturated rings. The van der Waals surface area contributed by atoms with E-state index >= 15 is 0 Å². The lowest BCUT2D eigenvalue weighted by molar-refractivity contribution is -0.118. The Morgan fingerprint density at radius 3 is 2.16 bits per heavy atom. The van der Waals surface area contributed by atoms with Gasteiger partial charge in [0.2, 0.25) is 11.7 Å². The Hall–Kier alpha value is -3.87. The van der Waals surface area contributed by atoms with Crippen LogP contribution in [0.2, 0.25) is 0 Å². The molecule has 7 nitrogen and oxygen atoms in total. The zero-order valence-corrected chi connectivity index (χ0v) is 18.6. The SMILES string of the molecule is COc1ccc(-n2c(C(C)=O)c(C)c(OCc3ccccc3)c2C(=O)CNC(C)=O)cc1. The normalized spacial score (nSPS) is 10.5. The topological polar surface area (TPSA) is 86.6 Å². The minimum absolute atomic E-state index is 0.207. The molecule has 166 valence electrons. The number of carbonyl (C=O) groups is 3. The highest BCUT2D eigenvalue weighted by molar-refractivity contribution is 6.05. The van der Waals surface area contributed by atoms with Gasteiger partial charge < -0.3 is 19.4 Å². The van der Waals surface area contributed by atoms with Crippen molar-refractivity contribution in [2.75, 3.05) is 13.7 Å². The van der Waals surface area contributed by atoms with Crippen molar-refractivity contribution in [1.29, 1.82) is 0 Å². The summed E-state index contributed by atoms with van der Waals surface area (Å²) >= 11 is 0. The number of carbonyl (C=O) groups excluding carboxylic acids is 3. The molecule has 0 aliphatic heterocycles. The maximum Gasteiger partial charge on any atom is 0.217 e. The standard InChI is InChI=1S/C25H26N2O5/c1-16-23(17(2)28)27(20-10-12-21(31-4)13-11-20)24(22(30)14-26-18(3)29)25(16)32-15-19-8-6-5-7-9-19/h5-13H,14-15H2,1-4H3,(H,26,29). The Kier molecular flexibility index (Phi) is 7.10. The lowest BCUT2D eigenvalue weighted by Crippen LogP contribution is -2.29. The molecule has 0 saturated carbocycles. The van der Waals surface area contributed by atoms with E-state index in [-0.39, 0.29) is 36.3 Å². The zero-order chi connectivity index (χ0) is 23.3. The lowest BCUT2D eigenvalue weighted by Gasteiger charge is -2.14. The summed E-state index contributed by atoms with van der Waals surface area (Å²) in [6.07, 6.45) is 0. The van der Waals surface area contributed by atoms with Gasteiger partial charge in [0.05, 0.1) is 19.3 Å². The van der Waals surface area contributed by atoms with Crippen molar-refractivity contribution < 1.29 is 23.9 Å². The molecule has 1 amide bonds. The second-order valence-corrected chi connectivity index (χ2v) is 7.35. The zero-order valence-electron chi connectivity index (χ0n) is 18.6. The van der Waals surface area contributed by atoms with E-state index in [1.165, 1.54) is 13.8 Å². The molecule has 0 atom stereocenters. The van der Waals surface area contributed by atoms with Gasteiger partial charge in [0.25, 0.3) is 0 Å². The molecule has 0 bridgehead atoms. The van der Waals surface area contributed by atoms with Crippen LogP contribution in [0, 0.1) is 6.92 Å². The van der Waals surface area contributed by atoms with E-state index in [9.17, 15) is 14.4 Å². The van der Waals surface area contributed by atoms with Gasteiger partial charge in [-0.25, -0.2) is 0 Å². The fourth-order valence-corrected chi connectivity index (χ4v) is 3.52. The van der Waals surface area contributed by atoms with Gasteiger partial charge in [0.15, 0.2) is 11.5 Å². The van der Waals surface area contributed by atoms with Gasteiger partial charge in [-0.15, -0.1) is 0 Å². The molecule has 3 rings (SSSR count). The first-order chi connectivity index (χ1) is 15.3. The molecule has 1 heterocycles. The quantitative estimate of drug-likeness (QED) is 0.516. The van der Waals surface area contributed by atoms with Gasteiger partial charge in [-0.05, 0) is 36.8 Å². The van der Waals surface area contributed by atoms with Crippen molar-refractivity contribution in [1.82, 2.24) is 9.88 Å². The molecule has 0 spiro atoms. The summed E-state index contributed by atoms with van der Waals surface area (Å²) in [5, 5.41) is 2.54. The number of hydrogen-bond acceptors (Lipinski definition) is 5. The highest BCUT2D eigenvalue weighted by atomic mass is 16.5. The minimum Gasteiger partial charge on any atom is -0.497 e. The molecular weight excluding hydrogens is 408 g/mol. The Morgan fingerprint density at radius 1 is 0.938 bits per heavy atom. The Morgan fingerprint density at radius 2 is 1.59 bits per heavy atom. The molecule has 0 unspecified atom stereocenters. The third kappa shape index (κ3) is 4.88. The highest BCUT2D eigenvalue weighted by Gasteiger charge is 2.29. The predicted molar refractivity (Wildman–Crippen MR) is 121 cm³/mol. The molecule has 2 aromatic carbocycles. The molecule has 0 aliphatic carbocycles. The first-order valence-electron chi connectivity index (χ1n) is 10.2. The summed E-state index contributed by atoms with van der Waals surface area (Å²) in [4.78, 5) is 37.3.